The van der Waals surface area contributed by atoms with E-state index < -0.39 is 33.5 Å². The van der Waals surface area contributed by atoms with Crippen molar-refractivity contribution < 1.29 is 26.7 Å². The molecule has 1 aliphatic heterocycles. The van der Waals surface area contributed by atoms with E-state index in [0.29, 0.717) is 28.5 Å². The number of amides is 1. The summed E-state index contributed by atoms with van der Waals surface area (Å²) in [6, 6.07) is 5.02. The molecule has 34 heavy (non-hydrogen) atoms. The number of ether oxygens (including phenoxy) is 1. The van der Waals surface area contributed by atoms with Crippen LogP contribution in [0.5, 0.6) is 0 Å². The lowest BCUT2D eigenvalue weighted by atomic mass is 9.98. The number of carbonyl (C=O) groups excluding carboxylic acids is 1. The van der Waals surface area contributed by atoms with Gasteiger partial charge in [-0.3, -0.25) is 4.79 Å². The van der Waals surface area contributed by atoms with Gasteiger partial charge >= 0.3 is 0 Å². The second-order valence-corrected chi connectivity index (χ2v) is 12.5. The second-order valence-electron chi connectivity index (χ2n) is 7.65. The van der Waals surface area contributed by atoms with Gasteiger partial charge in [-0.25, -0.2) is 17.2 Å². The van der Waals surface area contributed by atoms with Crippen LogP contribution < -0.4 is 4.80 Å². The highest BCUT2D eigenvalue weighted by atomic mass is 35.5. The highest BCUT2D eigenvalue weighted by molar-refractivity contribution is 7.91. The van der Waals surface area contributed by atoms with Crippen LogP contribution in [0.15, 0.2) is 33.5 Å². The molecule has 4 rings (SSSR count). The predicted molar refractivity (Wildman–Crippen MR) is 128 cm³/mol. The number of aromatic nitrogens is 1. The van der Waals surface area contributed by atoms with Gasteiger partial charge in [-0.2, -0.15) is 9.30 Å². The molecule has 1 aliphatic rings. The molecular formula is C21H22ClF2N3O4S3. The van der Waals surface area contributed by atoms with Crippen molar-refractivity contribution in [3.63, 3.8) is 0 Å². The van der Waals surface area contributed by atoms with E-state index in [-0.39, 0.29) is 40.8 Å². The van der Waals surface area contributed by atoms with Gasteiger partial charge in [0.1, 0.15) is 10.0 Å². The van der Waals surface area contributed by atoms with Crippen molar-refractivity contribution in [1.82, 2.24) is 8.87 Å². The lowest BCUT2D eigenvalue weighted by Gasteiger charge is -2.29. The topological polar surface area (TPSA) is 81.0 Å². The van der Waals surface area contributed by atoms with Gasteiger partial charge < -0.3 is 9.30 Å². The van der Waals surface area contributed by atoms with Crippen LogP contribution in [-0.2, 0) is 26.1 Å². The quantitative estimate of drug-likeness (QED) is 0.412. The van der Waals surface area contributed by atoms with Gasteiger partial charge in [0.05, 0.1) is 21.2 Å². The lowest BCUT2D eigenvalue weighted by Crippen LogP contribution is -2.40. The number of piperidine rings is 1. The number of hydrogen-bond donors (Lipinski definition) is 0. The van der Waals surface area contributed by atoms with Crippen LogP contribution >= 0.6 is 34.3 Å². The first-order chi connectivity index (χ1) is 16.2. The Hall–Kier alpha value is -1.70. The zero-order valence-electron chi connectivity index (χ0n) is 18.2. The van der Waals surface area contributed by atoms with Gasteiger partial charge in [0.2, 0.25) is 0 Å². The first-order valence-electron chi connectivity index (χ1n) is 10.6. The second kappa shape index (κ2) is 10.5. The molecule has 1 amide bonds. The maximum atomic E-state index is 14.5. The van der Waals surface area contributed by atoms with Gasteiger partial charge in [-0.1, -0.05) is 22.9 Å². The minimum absolute atomic E-state index is 0.168. The molecule has 0 atom stereocenters. The minimum Gasteiger partial charge on any atom is -0.380 e. The van der Waals surface area contributed by atoms with Gasteiger partial charge in [-0.15, -0.1) is 11.3 Å². The fourth-order valence-electron chi connectivity index (χ4n) is 3.81. The number of rotatable bonds is 7. The normalized spacial score (nSPS) is 16.5. The number of thiophene rings is 1. The number of benzene rings is 1. The van der Waals surface area contributed by atoms with Gasteiger partial charge in [0, 0.05) is 38.2 Å². The predicted octanol–water partition coefficient (Wildman–Crippen LogP) is 4.26. The van der Waals surface area contributed by atoms with E-state index in [1.165, 1.54) is 27.1 Å². The Morgan fingerprint density at radius 1 is 1.24 bits per heavy atom. The third-order valence-corrected chi connectivity index (χ3v) is 10.1. The fraction of sp³-hybridized carbons (Fsp3) is 0.429. The Kier molecular flexibility index (Phi) is 7.85. The van der Waals surface area contributed by atoms with Gasteiger partial charge in [0.15, 0.2) is 10.6 Å². The molecule has 0 spiro atoms. The van der Waals surface area contributed by atoms with E-state index in [2.05, 4.69) is 4.99 Å². The van der Waals surface area contributed by atoms with E-state index >= 15 is 0 Å². The molecule has 13 heteroatoms. The summed E-state index contributed by atoms with van der Waals surface area (Å²) in [5, 5.41) is 0. The van der Waals surface area contributed by atoms with Crippen molar-refractivity contribution in [2.45, 2.75) is 30.5 Å². The van der Waals surface area contributed by atoms with Crippen molar-refractivity contribution in [2.24, 2.45) is 10.9 Å². The molecular weight excluding hydrogens is 528 g/mol. The van der Waals surface area contributed by atoms with Gasteiger partial charge in [0.25, 0.3) is 15.9 Å². The molecule has 2 aromatic heterocycles. The summed E-state index contributed by atoms with van der Waals surface area (Å²) in [4.78, 5) is 17.4. The molecule has 1 saturated heterocycles. The Morgan fingerprint density at radius 3 is 2.62 bits per heavy atom. The molecule has 1 aromatic carbocycles. The SMILES string of the molecule is CCOCCn1c(=NC(=O)C2CCN(S(=O)(=O)c3ccc(Cl)s3)CC2)sc2cc(F)cc(F)c21. The summed E-state index contributed by atoms with van der Waals surface area (Å²) in [6.45, 7) is 3.21. The van der Waals surface area contributed by atoms with Crippen molar-refractivity contribution in [1.29, 1.82) is 0 Å². The van der Waals surface area contributed by atoms with Crippen molar-refractivity contribution >= 4 is 60.4 Å². The van der Waals surface area contributed by atoms with Crippen LogP contribution in [0, 0.1) is 17.6 Å². The number of thiazole rings is 1. The van der Waals surface area contributed by atoms with Crippen LogP contribution in [-0.4, -0.2) is 49.5 Å². The third kappa shape index (κ3) is 5.26. The average molecular weight is 550 g/mol. The molecule has 7 nitrogen and oxygen atoms in total. The Morgan fingerprint density at radius 2 is 1.97 bits per heavy atom. The number of fused-ring (bicyclic) bond motifs is 1. The van der Waals surface area contributed by atoms with E-state index in [1.807, 2.05) is 6.92 Å². The van der Waals surface area contributed by atoms with Crippen molar-refractivity contribution in [2.75, 3.05) is 26.3 Å². The van der Waals surface area contributed by atoms with Crippen molar-refractivity contribution in [3.05, 3.63) is 45.0 Å². The molecule has 3 aromatic rings. The summed E-state index contributed by atoms with van der Waals surface area (Å²) in [6.07, 6.45) is 0.626. The highest BCUT2D eigenvalue weighted by Gasteiger charge is 2.33. The molecule has 184 valence electrons. The molecule has 1 fully saturated rings. The fourth-order valence-corrected chi connectivity index (χ4v) is 8.02. The number of hydrogen-bond acceptors (Lipinski definition) is 6. The van der Waals surface area contributed by atoms with Crippen LogP contribution in [0.1, 0.15) is 19.8 Å². The summed E-state index contributed by atoms with van der Waals surface area (Å²) < 4.78 is 63.0. The molecule has 0 radical (unpaired) electrons. The average Bonchev–Trinajstić information content (AvgIpc) is 3.38. The molecule has 0 aliphatic carbocycles. The molecule has 0 unspecified atom stereocenters. The van der Waals surface area contributed by atoms with E-state index in [0.717, 1.165) is 28.7 Å². The monoisotopic (exact) mass is 549 g/mol. The summed E-state index contributed by atoms with van der Waals surface area (Å²) in [5.41, 5.74) is 0.174. The summed E-state index contributed by atoms with van der Waals surface area (Å²) >= 11 is 7.89. The molecule has 0 saturated carbocycles. The molecule has 0 bridgehead atoms. The van der Waals surface area contributed by atoms with Gasteiger partial charge in [-0.05, 0) is 38.0 Å². The largest absolute Gasteiger partial charge is 0.380 e. The van der Waals surface area contributed by atoms with Crippen molar-refractivity contribution in [3.8, 4) is 0 Å². The number of nitrogens with zero attached hydrogens (tertiary/aromatic N) is 3. The summed E-state index contributed by atoms with van der Waals surface area (Å²) in [5.74, 6) is -2.31. The Bertz CT molecular complexity index is 1380. The van der Waals surface area contributed by atoms with Crippen LogP contribution in [0.25, 0.3) is 10.2 Å². The van der Waals surface area contributed by atoms with E-state index in [9.17, 15) is 22.0 Å². The first-order valence-corrected chi connectivity index (χ1v) is 14.1. The molecule has 0 N–H and O–H groups in total. The van der Waals surface area contributed by atoms with Crippen LogP contribution in [0.4, 0.5) is 8.78 Å². The zero-order chi connectivity index (χ0) is 24.5. The zero-order valence-corrected chi connectivity index (χ0v) is 21.4. The Balaban J connectivity index is 1.55. The minimum atomic E-state index is -3.66. The number of sulfonamides is 1. The maximum Gasteiger partial charge on any atom is 0.252 e. The number of halogens is 3. The molecule has 3 heterocycles. The van der Waals surface area contributed by atoms with E-state index in [4.69, 9.17) is 16.3 Å². The maximum absolute atomic E-state index is 14.5. The smallest absolute Gasteiger partial charge is 0.252 e. The first kappa shape index (κ1) is 25.4. The number of carbonyl (C=O) groups is 1. The van der Waals surface area contributed by atoms with Crippen LogP contribution in [0.3, 0.4) is 0 Å². The lowest BCUT2D eigenvalue weighted by molar-refractivity contribution is -0.122. The highest BCUT2D eigenvalue weighted by Crippen LogP contribution is 2.31. The summed E-state index contributed by atoms with van der Waals surface area (Å²) in [7, 11) is -3.66. The van der Waals surface area contributed by atoms with Crippen LogP contribution in [0.2, 0.25) is 4.34 Å². The third-order valence-electron chi connectivity index (χ3n) is 5.51. The standard InChI is InChI=1S/C21H22ClF2N3O4S3/c1-2-31-10-9-27-19-15(24)11-14(23)12-16(19)32-21(27)25-20(28)13-5-7-26(8-6-13)34(29,30)18-4-3-17(22)33-18/h3-4,11-13H,2,5-10H2,1H3. The Labute approximate surface area is 208 Å². The van der Waals surface area contributed by atoms with E-state index in [1.54, 1.807) is 0 Å².